The van der Waals surface area contributed by atoms with Gasteiger partial charge in [0.1, 0.15) is 0 Å². The number of nitrogens with zero attached hydrogens (tertiary/aromatic N) is 4. The van der Waals surface area contributed by atoms with E-state index in [-0.39, 0.29) is 11.7 Å². The Hall–Kier alpha value is -2.76. The van der Waals surface area contributed by atoms with Crippen molar-refractivity contribution >= 4 is 5.78 Å². The van der Waals surface area contributed by atoms with Gasteiger partial charge in [-0.2, -0.15) is 10.1 Å². The van der Waals surface area contributed by atoms with E-state index in [1.165, 1.54) is 11.1 Å². The minimum Gasteiger partial charge on any atom is -0.339 e. The number of aromatic nitrogens is 4. The molecule has 0 bridgehead atoms. The van der Waals surface area contributed by atoms with E-state index < -0.39 is 0 Å². The predicted octanol–water partition coefficient (Wildman–Crippen LogP) is 4.21. The molecule has 2 aromatic heterocycles. The van der Waals surface area contributed by atoms with E-state index in [2.05, 4.69) is 34.3 Å². The summed E-state index contributed by atoms with van der Waals surface area (Å²) in [5.41, 5.74) is 4.25. The largest absolute Gasteiger partial charge is 0.339 e. The summed E-state index contributed by atoms with van der Waals surface area (Å²) in [6.45, 7) is 4.94. The van der Waals surface area contributed by atoms with Crippen molar-refractivity contribution in [2.45, 2.75) is 58.4 Å². The molecule has 4 rings (SSSR count). The number of hydrogen-bond acceptors (Lipinski definition) is 5. The Morgan fingerprint density at radius 3 is 3.00 bits per heavy atom. The summed E-state index contributed by atoms with van der Waals surface area (Å²) in [7, 11) is 0. The minimum atomic E-state index is 0.171. The number of aryl methyl sites for hydroxylation is 3. The fraction of sp³-hybridized carbons (Fsp3) is 0.429. The van der Waals surface area contributed by atoms with Crippen molar-refractivity contribution in [1.82, 2.24) is 19.9 Å². The zero-order valence-electron chi connectivity index (χ0n) is 15.8. The minimum absolute atomic E-state index is 0.171. The van der Waals surface area contributed by atoms with Crippen LogP contribution in [0.3, 0.4) is 0 Å². The molecule has 1 atom stereocenters. The molecule has 0 N–H and O–H groups in total. The van der Waals surface area contributed by atoms with Crippen molar-refractivity contribution in [3.05, 3.63) is 53.2 Å². The highest BCUT2D eigenvalue weighted by atomic mass is 16.5. The number of ketones is 1. The maximum absolute atomic E-state index is 12.7. The van der Waals surface area contributed by atoms with Crippen LogP contribution in [-0.2, 0) is 19.4 Å². The Morgan fingerprint density at radius 1 is 1.33 bits per heavy atom. The van der Waals surface area contributed by atoms with Crippen molar-refractivity contribution in [3.8, 4) is 11.4 Å². The zero-order chi connectivity index (χ0) is 18.8. The third-order valence-corrected chi connectivity index (χ3v) is 5.21. The first-order valence-electron chi connectivity index (χ1n) is 9.69. The maximum atomic E-state index is 12.7. The van der Waals surface area contributed by atoms with Crippen molar-refractivity contribution in [2.24, 2.45) is 0 Å². The third kappa shape index (κ3) is 3.56. The molecule has 140 valence electrons. The molecule has 0 unspecified atom stereocenters. The van der Waals surface area contributed by atoms with Crippen LogP contribution in [0.5, 0.6) is 0 Å². The van der Waals surface area contributed by atoms with Crippen molar-refractivity contribution in [2.75, 3.05) is 0 Å². The van der Waals surface area contributed by atoms with Gasteiger partial charge in [-0.05, 0) is 42.4 Å². The van der Waals surface area contributed by atoms with Gasteiger partial charge in [0.25, 0.3) is 0 Å². The van der Waals surface area contributed by atoms with Crippen LogP contribution in [0, 0.1) is 0 Å². The topological polar surface area (TPSA) is 73.8 Å². The molecule has 3 aromatic rings. The maximum Gasteiger partial charge on any atom is 0.226 e. The molecular formula is C21H24N4O2. The lowest BCUT2D eigenvalue weighted by Crippen LogP contribution is -2.05. The third-order valence-electron chi connectivity index (χ3n) is 5.21. The summed E-state index contributed by atoms with van der Waals surface area (Å²) in [6, 6.07) is 6.30. The molecule has 2 heterocycles. The zero-order valence-corrected chi connectivity index (χ0v) is 15.8. The molecule has 0 saturated heterocycles. The van der Waals surface area contributed by atoms with Crippen LogP contribution in [0.25, 0.3) is 11.4 Å². The van der Waals surface area contributed by atoms with E-state index in [1.807, 2.05) is 23.9 Å². The van der Waals surface area contributed by atoms with Gasteiger partial charge in [-0.1, -0.05) is 31.1 Å². The van der Waals surface area contributed by atoms with Gasteiger partial charge in [0.2, 0.25) is 11.7 Å². The first-order chi connectivity index (χ1) is 13.2. The Kier molecular flexibility index (Phi) is 4.88. The molecule has 0 amide bonds. The Morgan fingerprint density at radius 2 is 2.22 bits per heavy atom. The summed E-state index contributed by atoms with van der Waals surface area (Å²) >= 11 is 0. The molecule has 1 aliphatic carbocycles. The molecule has 6 nitrogen and oxygen atoms in total. The lowest BCUT2D eigenvalue weighted by molar-refractivity contribution is 0.0973. The van der Waals surface area contributed by atoms with Crippen molar-refractivity contribution in [1.29, 1.82) is 0 Å². The van der Waals surface area contributed by atoms with E-state index in [0.29, 0.717) is 23.7 Å². The van der Waals surface area contributed by atoms with Gasteiger partial charge in [-0.15, -0.1) is 0 Å². The van der Waals surface area contributed by atoms with E-state index >= 15 is 0 Å². The molecule has 0 aliphatic heterocycles. The average molecular weight is 364 g/mol. The van der Waals surface area contributed by atoms with Crippen LogP contribution in [-0.4, -0.2) is 25.7 Å². The summed E-state index contributed by atoms with van der Waals surface area (Å²) < 4.78 is 7.06. The van der Waals surface area contributed by atoms with Gasteiger partial charge in [0, 0.05) is 31.1 Å². The van der Waals surface area contributed by atoms with Crippen LogP contribution in [0.1, 0.15) is 66.4 Å². The summed E-state index contributed by atoms with van der Waals surface area (Å²) in [5, 5.41) is 8.33. The number of carbonyl (C=O) groups excluding carboxylic acids is 1. The van der Waals surface area contributed by atoms with Crippen LogP contribution >= 0.6 is 0 Å². The molecule has 0 radical (unpaired) electrons. The first kappa shape index (κ1) is 17.6. The fourth-order valence-corrected chi connectivity index (χ4v) is 3.77. The lowest BCUT2D eigenvalue weighted by Gasteiger charge is -2.10. The number of benzene rings is 1. The van der Waals surface area contributed by atoms with Crippen LogP contribution in [0.4, 0.5) is 0 Å². The molecule has 0 spiro atoms. The Balaban J connectivity index is 1.49. The van der Waals surface area contributed by atoms with Crippen LogP contribution < -0.4 is 0 Å². The number of carbonyl (C=O) groups is 1. The normalized spacial score (nSPS) is 15.9. The van der Waals surface area contributed by atoms with Gasteiger partial charge >= 0.3 is 0 Å². The second-order valence-electron chi connectivity index (χ2n) is 7.13. The SMILES string of the molecule is CCCn1cc(C(=O)C[C@@H]2CCc3cc(-c4noc(CC)n4)ccc32)cn1. The molecule has 0 saturated carbocycles. The average Bonchev–Trinajstić information content (AvgIpc) is 3.41. The first-order valence-corrected chi connectivity index (χ1v) is 9.69. The van der Waals surface area contributed by atoms with Gasteiger partial charge in [0.05, 0.1) is 11.8 Å². The number of rotatable bonds is 7. The van der Waals surface area contributed by atoms with Crippen LogP contribution in [0.15, 0.2) is 35.1 Å². The van der Waals surface area contributed by atoms with E-state index in [1.54, 1.807) is 6.20 Å². The van der Waals surface area contributed by atoms with E-state index in [4.69, 9.17) is 4.52 Å². The molecule has 1 aromatic carbocycles. The number of Topliss-reactive ketones (excluding diaryl/α,β-unsaturated/α-hetero) is 1. The number of fused-ring (bicyclic) bond motifs is 1. The van der Waals surface area contributed by atoms with Crippen molar-refractivity contribution in [3.63, 3.8) is 0 Å². The highest BCUT2D eigenvalue weighted by molar-refractivity contribution is 5.96. The summed E-state index contributed by atoms with van der Waals surface area (Å²) in [6.07, 6.45) is 7.82. The standard InChI is InChI=1S/C21H24N4O2/c1-3-9-25-13-17(12-22-25)19(26)11-15-6-5-14-10-16(7-8-18(14)15)21-23-20(4-2)27-24-21/h7-8,10,12-13,15H,3-6,9,11H2,1-2H3/t15-/m0/s1. The predicted molar refractivity (Wildman–Crippen MR) is 102 cm³/mol. The van der Waals surface area contributed by atoms with E-state index in [9.17, 15) is 4.79 Å². The molecule has 0 fully saturated rings. The summed E-state index contributed by atoms with van der Waals surface area (Å²) in [4.78, 5) is 17.1. The second kappa shape index (κ2) is 7.47. The number of hydrogen-bond donors (Lipinski definition) is 0. The Bertz CT molecular complexity index is 957. The van der Waals surface area contributed by atoms with E-state index in [0.717, 1.165) is 37.8 Å². The summed E-state index contributed by atoms with van der Waals surface area (Å²) in [5.74, 6) is 1.73. The molecule has 27 heavy (non-hydrogen) atoms. The fourth-order valence-electron chi connectivity index (χ4n) is 3.77. The Labute approximate surface area is 158 Å². The van der Waals surface area contributed by atoms with Gasteiger partial charge in [0.15, 0.2) is 5.78 Å². The second-order valence-corrected chi connectivity index (χ2v) is 7.13. The van der Waals surface area contributed by atoms with Crippen molar-refractivity contribution < 1.29 is 9.32 Å². The highest BCUT2D eigenvalue weighted by Gasteiger charge is 2.26. The molecule has 1 aliphatic rings. The van der Waals surface area contributed by atoms with Gasteiger partial charge in [-0.3, -0.25) is 9.48 Å². The molecular weight excluding hydrogens is 340 g/mol. The molecule has 6 heteroatoms. The highest BCUT2D eigenvalue weighted by Crippen LogP contribution is 2.38. The van der Waals surface area contributed by atoms with Gasteiger partial charge in [-0.25, -0.2) is 0 Å². The van der Waals surface area contributed by atoms with Gasteiger partial charge < -0.3 is 4.52 Å². The smallest absolute Gasteiger partial charge is 0.226 e. The quantitative estimate of drug-likeness (QED) is 0.587. The lowest BCUT2D eigenvalue weighted by atomic mass is 9.93. The van der Waals surface area contributed by atoms with Crippen LogP contribution in [0.2, 0.25) is 0 Å². The monoisotopic (exact) mass is 364 g/mol.